The number of likely N-dealkylation sites (tertiary alicyclic amines) is 1. The molecular weight excluding hydrogens is 300 g/mol. The molecule has 0 radical (unpaired) electrons. The summed E-state index contributed by atoms with van der Waals surface area (Å²) in [5.41, 5.74) is 1.85. The zero-order valence-corrected chi connectivity index (χ0v) is 13.1. The maximum atomic E-state index is 13.5. The van der Waals surface area contributed by atoms with Crippen LogP contribution in [0.4, 0.5) is 8.78 Å². The minimum atomic E-state index is -0.842. The number of aliphatic hydroxyl groups excluding tert-OH is 1. The Morgan fingerprint density at radius 2 is 2.09 bits per heavy atom. The molecule has 1 aliphatic heterocycles. The van der Waals surface area contributed by atoms with Gasteiger partial charge in [0.25, 0.3) is 0 Å². The Hall–Kier alpha value is -1.79. The largest absolute Gasteiger partial charge is 0.392 e. The lowest BCUT2D eigenvalue weighted by atomic mass is 10.0. The van der Waals surface area contributed by atoms with E-state index < -0.39 is 17.7 Å². The third-order valence-electron chi connectivity index (χ3n) is 4.47. The summed E-state index contributed by atoms with van der Waals surface area (Å²) in [6.07, 6.45) is 2.69. The number of aliphatic hydroxyl groups is 1. The molecule has 0 aliphatic carbocycles. The lowest BCUT2D eigenvalue weighted by Crippen LogP contribution is -2.27. The van der Waals surface area contributed by atoms with E-state index in [1.165, 1.54) is 6.07 Å². The van der Waals surface area contributed by atoms with E-state index in [-0.39, 0.29) is 6.04 Å². The first-order valence-corrected chi connectivity index (χ1v) is 7.96. The zero-order valence-electron chi connectivity index (χ0n) is 13.1. The first-order valence-electron chi connectivity index (χ1n) is 7.96. The van der Waals surface area contributed by atoms with E-state index in [4.69, 9.17) is 0 Å². The van der Waals surface area contributed by atoms with Crippen molar-refractivity contribution in [1.29, 1.82) is 0 Å². The Kier molecular flexibility index (Phi) is 4.73. The van der Waals surface area contributed by atoms with Crippen molar-refractivity contribution in [3.05, 3.63) is 53.4 Å². The highest BCUT2D eigenvalue weighted by Gasteiger charge is 2.32. The van der Waals surface area contributed by atoms with Gasteiger partial charge in [-0.1, -0.05) is 6.07 Å². The number of nitrogens with zero attached hydrogens (tertiary/aromatic N) is 3. The predicted octanol–water partition coefficient (Wildman–Crippen LogP) is 2.53. The molecule has 3 rings (SSSR count). The molecule has 1 saturated heterocycles. The quantitative estimate of drug-likeness (QED) is 0.920. The maximum Gasteiger partial charge on any atom is 0.159 e. The molecule has 124 valence electrons. The first kappa shape index (κ1) is 16.1. The topological polar surface area (TPSA) is 41.3 Å². The number of hydrogen-bond donors (Lipinski definition) is 1. The molecule has 1 N–H and O–H groups in total. The van der Waals surface area contributed by atoms with Crippen molar-refractivity contribution in [3.8, 4) is 0 Å². The molecule has 23 heavy (non-hydrogen) atoms. The Balaban J connectivity index is 1.73. The van der Waals surface area contributed by atoms with Crippen molar-refractivity contribution in [3.63, 3.8) is 0 Å². The fourth-order valence-electron chi connectivity index (χ4n) is 3.31. The van der Waals surface area contributed by atoms with Crippen molar-refractivity contribution < 1.29 is 13.9 Å². The normalized spacial score (nSPS) is 21.9. The Bertz CT molecular complexity index is 674. The van der Waals surface area contributed by atoms with Crippen LogP contribution in [0.3, 0.4) is 0 Å². The Morgan fingerprint density at radius 3 is 2.83 bits per heavy atom. The van der Waals surface area contributed by atoms with Gasteiger partial charge in [0, 0.05) is 44.0 Å². The standard InChI is InChI=1S/C17H21F2N3O/c1-2-22-13(5-7-20-22)6-8-21-11-14(23)10-17(21)12-3-4-15(18)16(19)9-12/h3-5,7,9,14,17,23H,2,6,8,10-11H2,1H3/t14-,17-/m1/s1. The smallest absolute Gasteiger partial charge is 0.159 e. The first-order chi connectivity index (χ1) is 11.1. The van der Waals surface area contributed by atoms with Gasteiger partial charge in [-0.2, -0.15) is 5.10 Å². The molecule has 0 spiro atoms. The molecule has 4 nitrogen and oxygen atoms in total. The number of rotatable bonds is 5. The minimum Gasteiger partial charge on any atom is -0.392 e. The molecule has 1 aromatic heterocycles. The highest BCUT2D eigenvalue weighted by Crippen LogP contribution is 2.32. The second-order valence-corrected chi connectivity index (χ2v) is 5.96. The highest BCUT2D eigenvalue weighted by atomic mass is 19.2. The lowest BCUT2D eigenvalue weighted by molar-refractivity contribution is 0.175. The molecule has 0 amide bonds. The molecule has 1 aliphatic rings. The van der Waals surface area contributed by atoms with Crippen LogP contribution in [0.5, 0.6) is 0 Å². The van der Waals surface area contributed by atoms with Crippen molar-refractivity contribution in [2.75, 3.05) is 13.1 Å². The Morgan fingerprint density at radius 1 is 1.26 bits per heavy atom. The van der Waals surface area contributed by atoms with Crippen LogP contribution in [0.25, 0.3) is 0 Å². The molecule has 6 heteroatoms. The third kappa shape index (κ3) is 3.43. The van der Waals surface area contributed by atoms with Crippen LogP contribution in [0, 0.1) is 11.6 Å². The summed E-state index contributed by atoms with van der Waals surface area (Å²) < 4.78 is 28.6. The van der Waals surface area contributed by atoms with Crippen LogP contribution in [0.2, 0.25) is 0 Å². The predicted molar refractivity (Wildman–Crippen MR) is 82.9 cm³/mol. The molecule has 1 fully saturated rings. The summed E-state index contributed by atoms with van der Waals surface area (Å²) in [4.78, 5) is 2.13. The van der Waals surface area contributed by atoms with Crippen LogP contribution in [-0.2, 0) is 13.0 Å². The van der Waals surface area contributed by atoms with E-state index in [2.05, 4.69) is 10.00 Å². The van der Waals surface area contributed by atoms with E-state index in [0.29, 0.717) is 18.5 Å². The van der Waals surface area contributed by atoms with Crippen molar-refractivity contribution in [2.45, 2.75) is 38.5 Å². The van der Waals surface area contributed by atoms with Gasteiger partial charge in [0.05, 0.1) is 6.10 Å². The van der Waals surface area contributed by atoms with Gasteiger partial charge in [0.15, 0.2) is 11.6 Å². The van der Waals surface area contributed by atoms with Crippen molar-refractivity contribution in [1.82, 2.24) is 14.7 Å². The van der Waals surface area contributed by atoms with Crippen molar-refractivity contribution >= 4 is 0 Å². The number of aromatic nitrogens is 2. The number of β-amino-alcohol motifs (C(OH)–C–C–N with tert-alkyl or cyclic N) is 1. The van der Waals surface area contributed by atoms with E-state index in [1.807, 2.05) is 17.7 Å². The van der Waals surface area contributed by atoms with Gasteiger partial charge in [-0.25, -0.2) is 8.78 Å². The molecule has 0 saturated carbocycles. The maximum absolute atomic E-state index is 13.5. The SMILES string of the molecule is CCn1nccc1CCN1C[C@H](O)C[C@@H]1c1ccc(F)c(F)c1. The summed E-state index contributed by atoms with van der Waals surface area (Å²) in [5, 5.41) is 14.2. The van der Waals surface area contributed by atoms with Crippen LogP contribution < -0.4 is 0 Å². The molecule has 2 aromatic rings. The van der Waals surface area contributed by atoms with Crippen molar-refractivity contribution in [2.24, 2.45) is 0 Å². The van der Waals surface area contributed by atoms with Crippen LogP contribution >= 0.6 is 0 Å². The number of hydrogen-bond acceptors (Lipinski definition) is 3. The molecular formula is C17H21F2N3O. The fourth-order valence-corrected chi connectivity index (χ4v) is 3.31. The van der Waals surface area contributed by atoms with Gasteiger partial charge in [-0.15, -0.1) is 0 Å². The van der Waals surface area contributed by atoms with Crippen LogP contribution in [-0.4, -0.2) is 39.0 Å². The minimum absolute atomic E-state index is 0.0851. The van der Waals surface area contributed by atoms with Gasteiger partial charge in [-0.05, 0) is 37.1 Å². The van der Waals surface area contributed by atoms with Gasteiger partial charge >= 0.3 is 0 Å². The molecule has 1 aromatic carbocycles. The van der Waals surface area contributed by atoms with Crippen LogP contribution in [0.1, 0.15) is 30.6 Å². The summed E-state index contributed by atoms with van der Waals surface area (Å²) in [7, 11) is 0. The van der Waals surface area contributed by atoms with E-state index in [1.54, 1.807) is 12.3 Å². The summed E-state index contributed by atoms with van der Waals surface area (Å²) in [5.74, 6) is -1.68. The molecule has 2 heterocycles. The van der Waals surface area contributed by atoms with Gasteiger partial charge in [0.1, 0.15) is 0 Å². The van der Waals surface area contributed by atoms with Crippen LogP contribution in [0.15, 0.2) is 30.5 Å². The summed E-state index contributed by atoms with van der Waals surface area (Å²) in [6.45, 7) is 4.15. The molecule has 0 unspecified atom stereocenters. The number of benzene rings is 1. The van der Waals surface area contributed by atoms with Gasteiger partial charge in [-0.3, -0.25) is 9.58 Å². The number of aryl methyl sites for hydroxylation is 1. The van der Waals surface area contributed by atoms with E-state index in [0.717, 1.165) is 31.3 Å². The van der Waals surface area contributed by atoms with Gasteiger partial charge in [0.2, 0.25) is 0 Å². The average Bonchev–Trinajstić information content (AvgIpc) is 3.13. The lowest BCUT2D eigenvalue weighted by Gasteiger charge is -2.24. The van der Waals surface area contributed by atoms with E-state index in [9.17, 15) is 13.9 Å². The average molecular weight is 321 g/mol. The third-order valence-corrected chi connectivity index (χ3v) is 4.47. The fraction of sp³-hybridized carbons (Fsp3) is 0.471. The number of halogens is 2. The molecule has 2 atom stereocenters. The highest BCUT2D eigenvalue weighted by molar-refractivity contribution is 5.23. The second kappa shape index (κ2) is 6.76. The van der Waals surface area contributed by atoms with E-state index >= 15 is 0 Å². The zero-order chi connectivity index (χ0) is 16.4. The molecule has 0 bridgehead atoms. The summed E-state index contributed by atoms with van der Waals surface area (Å²) in [6, 6.07) is 5.90. The van der Waals surface area contributed by atoms with Gasteiger partial charge < -0.3 is 5.11 Å². The second-order valence-electron chi connectivity index (χ2n) is 5.96. The monoisotopic (exact) mass is 321 g/mol. The Labute approximate surface area is 134 Å². The summed E-state index contributed by atoms with van der Waals surface area (Å²) >= 11 is 0.